The van der Waals surface area contributed by atoms with Crippen LogP contribution in [0.2, 0.25) is 0 Å². The summed E-state index contributed by atoms with van der Waals surface area (Å²) in [7, 11) is 0. The molecule has 0 saturated carbocycles. The molecule has 0 aromatic carbocycles. The van der Waals surface area contributed by atoms with Gasteiger partial charge in [-0.2, -0.15) is 0 Å². The third-order valence-electron chi connectivity index (χ3n) is 1.34. The predicted molar refractivity (Wildman–Crippen MR) is 51.3 cm³/mol. The van der Waals surface area contributed by atoms with Gasteiger partial charge in [0, 0.05) is 6.07 Å². The Hall–Kier alpha value is -1.05. The summed E-state index contributed by atoms with van der Waals surface area (Å²) >= 11 is 1.50. The number of carboxylic acids is 1. The number of carbonyl (C=O) groups is 1. The summed E-state index contributed by atoms with van der Waals surface area (Å²) in [6, 6.07) is 1.34. The van der Waals surface area contributed by atoms with Gasteiger partial charge in [0.2, 0.25) is 0 Å². The van der Waals surface area contributed by atoms with Crippen LogP contribution in [0.5, 0.6) is 5.75 Å². The number of aryl methyl sites for hydroxylation is 1. The number of hydrogen-bond acceptors (Lipinski definition) is 4. The summed E-state index contributed by atoms with van der Waals surface area (Å²) in [5, 5.41) is 8.63. The first kappa shape index (κ1) is 10.0. The van der Waals surface area contributed by atoms with Crippen molar-refractivity contribution in [1.82, 2.24) is 0 Å². The van der Waals surface area contributed by atoms with E-state index in [0.717, 1.165) is 0 Å². The van der Waals surface area contributed by atoms with Crippen LogP contribution in [0.15, 0.2) is 15.3 Å². The van der Waals surface area contributed by atoms with Crippen LogP contribution in [-0.2, 0) is 0 Å². The first-order valence-corrected chi connectivity index (χ1v) is 4.11. The molecule has 13 heavy (non-hydrogen) atoms. The zero-order chi connectivity index (χ0) is 10.0. The van der Waals surface area contributed by atoms with Crippen molar-refractivity contribution < 1.29 is 17.4 Å². The molecule has 0 unspecified atom stereocenters. The van der Waals surface area contributed by atoms with E-state index in [1.165, 1.54) is 36.0 Å². The lowest BCUT2D eigenvalue weighted by Crippen LogP contribution is -2.14. The van der Waals surface area contributed by atoms with E-state index in [4.69, 9.17) is 8.17 Å². The molecular formula is C7H5IO5. The molecule has 0 bridgehead atoms. The summed E-state index contributed by atoms with van der Waals surface area (Å²) in [4.78, 5) is 21.6. The molecule has 1 heterocycles. The van der Waals surface area contributed by atoms with E-state index in [1.54, 1.807) is 0 Å². The van der Waals surface area contributed by atoms with Gasteiger partial charge < -0.3 is 12.6 Å². The van der Waals surface area contributed by atoms with E-state index in [9.17, 15) is 9.59 Å². The van der Waals surface area contributed by atoms with Crippen LogP contribution in [0.4, 0.5) is 0 Å². The fourth-order valence-electron chi connectivity index (χ4n) is 0.838. The second-order valence-electron chi connectivity index (χ2n) is 2.27. The number of halogens is 1. The summed E-state index contributed by atoms with van der Waals surface area (Å²) in [5.74, 6) is -1.05. The Morgan fingerprint density at radius 1 is 1.69 bits per heavy atom. The maximum Gasteiger partial charge on any atom is 0.354 e. The van der Waals surface area contributed by atoms with Gasteiger partial charge in [-0.15, -0.1) is 0 Å². The van der Waals surface area contributed by atoms with Crippen molar-refractivity contribution >= 4 is 29.0 Å². The molecule has 0 atom stereocenters. The number of rotatable bonds is 2. The van der Waals surface area contributed by atoms with E-state index in [-0.39, 0.29) is 5.75 Å². The monoisotopic (exact) mass is 296 g/mol. The SMILES string of the molecule is Cc1cc(OI)c(C(=O)O)c(=O)o1. The van der Waals surface area contributed by atoms with Crippen molar-refractivity contribution in [2.45, 2.75) is 6.92 Å². The second-order valence-corrected chi connectivity index (χ2v) is 2.71. The highest BCUT2D eigenvalue weighted by molar-refractivity contribution is 14.1. The van der Waals surface area contributed by atoms with Crippen LogP contribution >= 0.6 is 23.0 Å². The highest BCUT2D eigenvalue weighted by Gasteiger charge is 2.18. The lowest BCUT2D eigenvalue weighted by atomic mass is 10.2. The summed E-state index contributed by atoms with van der Waals surface area (Å²) < 4.78 is 9.29. The fraction of sp³-hybridized carbons (Fsp3) is 0.143. The Morgan fingerprint density at radius 2 is 2.31 bits per heavy atom. The minimum absolute atomic E-state index is 0.00171. The van der Waals surface area contributed by atoms with E-state index >= 15 is 0 Å². The van der Waals surface area contributed by atoms with Gasteiger partial charge >= 0.3 is 11.6 Å². The second kappa shape index (κ2) is 3.77. The Balaban J connectivity index is 3.48. The zero-order valence-electron chi connectivity index (χ0n) is 6.54. The van der Waals surface area contributed by atoms with Crippen molar-refractivity contribution in [2.24, 2.45) is 0 Å². The van der Waals surface area contributed by atoms with Crippen molar-refractivity contribution in [3.63, 3.8) is 0 Å². The molecule has 0 spiro atoms. The van der Waals surface area contributed by atoms with Crippen LogP contribution in [0, 0.1) is 6.92 Å². The number of aromatic carboxylic acids is 1. The first-order chi connectivity index (χ1) is 6.06. The molecule has 1 aromatic rings. The first-order valence-electron chi connectivity index (χ1n) is 3.23. The van der Waals surface area contributed by atoms with Crippen molar-refractivity contribution in [2.75, 3.05) is 0 Å². The number of hydrogen-bond donors (Lipinski definition) is 1. The minimum Gasteiger partial charge on any atom is -0.477 e. The molecule has 70 valence electrons. The molecule has 5 nitrogen and oxygen atoms in total. The average Bonchev–Trinajstić information content (AvgIpc) is 2.01. The van der Waals surface area contributed by atoms with Crippen LogP contribution < -0.4 is 8.69 Å². The van der Waals surface area contributed by atoms with Crippen molar-refractivity contribution in [1.29, 1.82) is 0 Å². The normalized spacial score (nSPS) is 9.69. The van der Waals surface area contributed by atoms with Crippen LogP contribution in [-0.4, -0.2) is 11.1 Å². The zero-order valence-corrected chi connectivity index (χ0v) is 8.69. The maximum atomic E-state index is 11.0. The van der Waals surface area contributed by atoms with Gasteiger partial charge in [-0.1, -0.05) is 0 Å². The lowest BCUT2D eigenvalue weighted by Gasteiger charge is -2.00. The molecule has 1 aromatic heterocycles. The van der Waals surface area contributed by atoms with E-state index in [0.29, 0.717) is 5.76 Å². The largest absolute Gasteiger partial charge is 0.477 e. The molecule has 0 fully saturated rings. The van der Waals surface area contributed by atoms with Gasteiger partial charge in [-0.05, 0) is 6.92 Å². The standard InChI is InChI=1S/C7H5IO5/c1-3-2-4(13-8)5(6(9)10)7(11)12-3/h2H,1H3,(H,9,10). The molecule has 0 saturated heterocycles. The Morgan fingerprint density at radius 3 is 2.77 bits per heavy atom. The van der Waals surface area contributed by atoms with Gasteiger partial charge in [0.05, 0.1) is 0 Å². The Kier molecular flexibility index (Phi) is 2.91. The van der Waals surface area contributed by atoms with Crippen LogP contribution in [0.25, 0.3) is 0 Å². The summed E-state index contributed by atoms with van der Waals surface area (Å²) in [6.07, 6.45) is 0. The molecular weight excluding hydrogens is 291 g/mol. The number of carboxylic acid groups (broad SMARTS) is 1. The van der Waals surface area contributed by atoms with E-state index in [1.807, 2.05) is 0 Å². The van der Waals surface area contributed by atoms with Gasteiger partial charge in [-0.25, -0.2) is 9.59 Å². The molecule has 0 aliphatic carbocycles. The van der Waals surface area contributed by atoms with Gasteiger partial charge in [0.1, 0.15) is 5.76 Å². The predicted octanol–water partition coefficient (Wildman–Crippen LogP) is 1.38. The fourth-order valence-corrected chi connectivity index (χ4v) is 1.18. The third-order valence-corrected chi connectivity index (χ3v) is 1.81. The lowest BCUT2D eigenvalue weighted by molar-refractivity contribution is 0.0690. The Labute approximate surface area is 87.0 Å². The van der Waals surface area contributed by atoms with Gasteiger partial charge in [-0.3, -0.25) is 0 Å². The smallest absolute Gasteiger partial charge is 0.354 e. The molecule has 0 aliphatic heterocycles. The Bertz CT molecular complexity index is 394. The van der Waals surface area contributed by atoms with Crippen molar-refractivity contribution in [3.05, 3.63) is 27.8 Å². The molecule has 0 amide bonds. The topological polar surface area (TPSA) is 76.7 Å². The van der Waals surface area contributed by atoms with E-state index in [2.05, 4.69) is 4.42 Å². The molecule has 0 radical (unpaired) electrons. The summed E-state index contributed by atoms with van der Waals surface area (Å²) in [5.41, 5.74) is -1.39. The van der Waals surface area contributed by atoms with Gasteiger partial charge in [0.25, 0.3) is 0 Å². The van der Waals surface area contributed by atoms with Gasteiger partial charge in [0.15, 0.2) is 34.3 Å². The maximum absolute atomic E-state index is 11.0. The molecule has 6 heteroatoms. The molecule has 0 aliphatic rings. The third kappa shape index (κ3) is 2.00. The average molecular weight is 296 g/mol. The highest BCUT2D eigenvalue weighted by atomic mass is 127. The minimum atomic E-state index is -1.36. The molecule has 1 rings (SSSR count). The van der Waals surface area contributed by atoms with Crippen LogP contribution in [0.3, 0.4) is 0 Å². The quantitative estimate of drug-likeness (QED) is 0.834. The van der Waals surface area contributed by atoms with Crippen LogP contribution in [0.1, 0.15) is 16.1 Å². The highest BCUT2D eigenvalue weighted by Crippen LogP contribution is 2.18. The molecule has 1 N–H and O–H groups in total. The van der Waals surface area contributed by atoms with Crippen molar-refractivity contribution in [3.8, 4) is 5.75 Å². The van der Waals surface area contributed by atoms with E-state index < -0.39 is 17.2 Å². The summed E-state index contributed by atoms with van der Waals surface area (Å²) in [6.45, 7) is 1.53.